The molecule has 120 valence electrons. The largest absolute Gasteiger partial charge is 0.489 e. The van der Waals surface area contributed by atoms with Gasteiger partial charge in [0.15, 0.2) is 5.78 Å². The summed E-state index contributed by atoms with van der Waals surface area (Å²) in [6.07, 6.45) is 2.21. The SMILES string of the molecule is O=C(CN1CCCC1)c1cc(OCc2ccccc2)ccc1F. The minimum Gasteiger partial charge on any atom is -0.489 e. The molecule has 1 fully saturated rings. The number of carbonyl (C=O) groups is 1. The van der Waals surface area contributed by atoms with Crippen molar-refractivity contribution in [1.82, 2.24) is 4.90 Å². The molecule has 0 aromatic heterocycles. The van der Waals surface area contributed by atoms with Gasteiger partial charge in [-0.1, -0.05) is 30.3 Å². The Morgan fingerprint density at radius 1 is 1.09 bits per heavy atom. The van der Waals surface area contributed by atoms with E-state index >= 15 is 0 Å². The minimum atomic E-state index is -0.485. The Bertz CT molecular complexity index is 666. The van der Waals surface area contributed by atoms with Gasteiger partial charge in [-0.15, -0.1) is 0 Å². The molecule has 0 atom stereocenters. The molecule has 0 unspecified atom stereocenters. The van der Waals surface area contributed by atoms with Crippen LogP contribution in [0.25, 0.3) is 0 Å². The summed E-state index contributed by atoms with van der Waals surface area (Å²) in [4.78, 5) is 14.4. The van der Waals surface area contributed by atoms with Crippen LogP contribution in [-0.4, -0.2) is 30.3 Å². The molecular formula is C19H20FNO2. The fourth-order valence-corrected chi connectivity index (χ4v) is 2.78. The smallest absolute Gasteiger partial charge is 0.179 e. The normalized spacial score (nSPS) is 14.8. The molecule has 1 aliphatic rings. The van der Waals surface area contributed by atoms with E-state index in [1.807, 2.05) is 30.3 Å². The van der Waals surface area contributed by atoms with E-state index in [1.54, 1.807) is 6.07 Å². The zero-order valence-electron chi connectivity index (χ0n) is 13.0. The summed E-state index contributed by atoms with van der Waals surface area (Å²) in [5, 5.41) is 0. The standard InChI is InChI=1S/C19H20FNO2/c20-18-9-8-16(23-14-15-6-2-1-3-7-15)12-17(18)19(22)13-21-10-4-5-11-21/h1-3,6-9,12H,4-5,10-11,13-14H2. The number of likely N-dealkylation sites (tertiary alicyclic amines) is 1. The van der Waals surface area contributed by atoms with Gasteiger partial charge in [0, 0.05) is 0 Å². The van der Waals surface area contributed by atoms with Gasteiger partial charge in [-0.05, 0) is 49.7 Å². The lowest BCUT2D eigenvalue weighted by atomic mass is 10.1. The van der Waals surface area contributed by atoms with Crippen LogP contribution < -0.4 is 4.74 Å². The number of hydrogen-bond acceptors (Lipinski definition) is 3. The quantitative estimate of drug-likeness (QED) is 0.762. The van der Waals surface area contributed by atoms with Crippen molar-refractivity contribution < 1.29 is 13.9 Å². The molecule has 0 amide bonds. The first-order valence-corrected chi connectivity index (χ1v) is 7.94. The molecule has 0 spiro atoms. The van der Waals surface area contributed by atoms with Crippen molar-refractivity contribution in [2.75, 3.05) is 19.6 Å². The number of ketones is 1. The van der Waals surface area contributed by atoms with Crippen LogP contribution in [0.4, 0.5) is 4.39 Å². The third-order valence-corrected chi connectivity index (χ3v) is 4.05. The van der Waals surface area contributed by atoms with Gasteiger partial charge in [0.1, 0.15) is 18.2 Å². The Kier molecular flexibility index (Phi) is 5.03. The van der Waals surface area contributed by atoms with Crippen LogP contribution >= 0.6 is 0 Å². The summed E-state index contributed by atoms with van der Waals surface area (Å²) < 4.78 is 19.6. The molecule has 0 saturated carbocycles. The van der Waals surface area contributed by atoms with Gasteiger partial charge in [-0.25, -0.2) is 4.39 Å². The number of ether oxygens (including phenoxy) is 1. The number of halogens is 1. The van der Waals surface area contributed by atoms with Gasteiger partial charge < -0.3 is 4.74 Å². The van der Waals surface area contributed by atoms with Crippen molar-refractivity contribution in [1.29, 1.82) is 0 Å². The first kappa shape index (κ1) is 15.7. The maximum Gasteiger partial charge on any atom is 0.179 e. The van der Waals surface area contributed by atoms with Gasteiger partial charge in [-0.2, -0.15) is 0 Å². The Morgan fingerprint density at radius 3 is 2.57 bits per heavy atom. The molecule has 0 aliphatic carbocycles. The van der Waals surface area contributed by atoms with E-state index in [0.717, 1.165) is 31.5 Å². The summed E-state index contributed by atoms with van der Waals surface area (Å²) in [6, 6.07) is 14.1. The summed E-state index contributed by atoms with van der Waals surface area (Å²) in [6.45, 7) is 2.50. The Hall–Kier alpha value is -2.20. The van der Waals surface area contributed by atoms with Crippen LogP contribution in [-0.2, 0) is 6.61 Å². The first-order chi connectivity index (χ1) is 11.2. The lowest BCUT2D eigenvalue weighted by Gasteiger charge is -2.14. The van der Waals surface area contributed by atoms with Gasteiger partial charge in [0.05, 0.1) is 12.1 Å². The van der Waals surface area contributed by atoms with Crippen LogP contribution in [0.15, 0.2) is 48.5 Å². The van der Waals surface area contributed by atoms with Gasteiger partial charge in [0.25, 0.3) is 0 Å². The molecule has 0 radical (unpaired) electrons. The monoisotopic (exact) mass is 313 g/mol. The maximum absolute atomic E-state index is 14.0. The Labute approximate surface area is 135 Å². The zero-order valence-corrected chi connectivity index (χ0v) is 13.0. The molecule has 1 saturated heterocycles. The van der Waals surface area contributed by atoms with E-state index in [0.29, 0.717) is 12.4 Å². The average molecular weight is 313 g/mol. The number of nitrogens with zero attached hydrogens (tertiary/aromatic N) is 1. The van der Waals surface area contributed by atoms with Gasteiger partial charge >= 0.3 is 0 Å². The fraction of sp³-hybridized carbons (Fsp3) is 0.316. The number of benzene rings is 2. The summed E-state index contributed by atoms with van der Waals surface area (Å²) in [5.41, 5.74) is 1.14. The third-order valence-electron chi connectivity index (χ3n) is 4.05. The molecule has 2 aromatic rings. The van der Waals surface area contributed by atoms with Crippen molar-refractivity contribution in [3.05, 3.63) is 65.5 Å². The summed E-state index contributed by atoms with van der Waals surface area (Å²) in [5.74, 6) is -0.157. The van der Waals surface area contributed by atoms with E-state index < -0.39 is 5.82 Å². The van der Waals surface area contributed by atoms with Crippen molar-refractivity contribution in [3.8, 4) is 5.75 Å². The predicted octanol–water partition coefficient (Wildman–Crippen LogP) is 3.68. The second-order valence-electron chi connectivity index (χ2n) is 5.82. The molecule has 2 aromatic carbocycles. The summed E-state index contributed by atoms with van der Waals surface area (Å²) in [7, 11) is 0. The summed E-state index contributed by atoms with van der Waals surface area (Å²) >= 11 is 0. The van der Waals surface area contributed by atoms with Crippen LogP contribution in [0, 0.1) is 5.82 Å². The topological polar surface area (TPSA) is 29.5 Å². The maximum atomic E-state index is 14.0. The number of carbonyl (C=O) groups excluding carboxylic acids is 1. The van der Waals surface area contributed by atoms with Crippen LogP contribution in [0.3, 0.4) is 0 Å². The second kappa shape index (κ2) is 7.38. The Morgan fingerprint density at radius 2 is 1.83 bits per heavy atom. The third kappa shape index (κ3) is 4.17. The van der Waals surface area contributed by atoms with Crippen molar-refractivity contribution in [2.45, 2.75) is 19.4 Å². The zero-order chi connectivity index (χ0) is 16.1. The number of hydrogen-bond donors (Lipinski definition) is 0. The average Bonchev–Trinajstić information content (AvgIpc) is 3.08. The van der Waals surface area contributed by atoms with Crippen LogP contribution in [0.1, 0.15) is 28.8 Å². The highest BCUT2D eigenvalue weighted by atomic mass is 19.1. The Balaban J connectivity index is 1.67. The highest BCUT2D eigenvalue weighted by molar-refractivity contribution is 5.98. The van der Waals surface area contributed by atoms with Crippen LogP contribution in [0.5, 0.6) is 5.75 Å². The van der Waals surface area contributed by atoms with Crippen molar-refractivity contribution in [2.24, 2.45) is 0 Å². The molecule has 3 nitrogen and oxygen atoms in total. The van der Waals surface area contributed by atoms with E-state index in [1.165, 1.54) is 12.1 Å². The molecule has 4 heteroatoms. The molecule has 0 bridgehead atoms. The molecular weight excluding hydrogens is 293 g/mol. The molecule has 23 heavy (non-hydrogen) atoms. The predicted molar refractivity (Wildman–Crippen MR) is 87.2 cm³/mol. The van der Waals surface area contributed by atoms with E-state index in [-0.39, 0.29) is 17.9 Å². The fourth-order valence-electron chi connectivity index (χ4n) is 2.78. The highest BCUT2D eigenvalue weighted by Gasteiger charge is 2.19. The molecule has 0 N–H and O–H groups in total. The molecule has 3 rings (SSSR count). The highest BCUT2D eigenvalue weighted by Crippen LogP contribution is 2.20. The van der Waals surface area contributed by atoms with E-state index in [4.69, 9.17) is 4.74 Å². The van der Waals surface area contributed by atoms with Crippen molar-refractivity contribution in [3.63, 3.8) is 0 Å². The molecule has 1 heterocycles. The second-order valence-corrected chi connectivity index (χ2v) is 5.82. The lowest BCUT2D eigenvalue weighted by Crippen LogP contribution is -2.27. The number of Topliss-reactive ketones (excluding diaryl/α,β-unsaturated/α-hetero) is 1. The van der Waals surface area contributed by atoms with E-state index in [2.05, 4.69) is 4.90 Å². The van der Waals surface area contributed by atoms with Crippen molar-refractivity contribution >= 4 is 5.78 Å². The molecule has 1 aliphatic heterocycles. The first-order valence-electron chi connectivity index (χ1n) is 7.94. The minimum absolute atomic E-state index is 0.113. The number of rotatable bonds is 6. The van der Waals surface area contributed by atoms with Gasteiger partial charge in [-0.3, -0.25) is 9.69 Å². The van der Waals surface area contributed by atoms with Crippen LogP contribution in [0.2, 0.25) is 0 Å². The van der Waals surface area contributed by atoms with Gasteiger partial charge in [0.2, 0.25) is 0 Å². The lowest BCUT2D eigenvalue weighted by molar-refractivity contribution is 0.0941. The van der Waals surface area contributed by atoms with E-state index in [9.17, 15) is 9.18 Å².